The monoisotopic (exact) mass is 210 g/mol. The number of hydrogen-bond donors (Lipinski definition) is 0. The van der Waals surface area contributed by atoms with E-state index in [4.69, 9.17) is 4.74 Å². The van der Waals surface area contributed by atoms with Crippen molar-refractivity contribution in [2.75, 3.05) is 6.61 Å². The van der Waals surface area contributed by atoms with Crippen LogP contribution in [0.5, 0.6) is 0 Å². The molecule has 0 aromatic carbocycles. The molecule has 15 heavy (non-hydrogen) atoms. The van der Waals surface area contributed by atoms with Crippen LogP contribution < -0.4 is 0 Å². The van der Waals surface area contributed by atoms with Crippen molar-refractivity contribution in [2.24, 2.45) is 17.3 Å². The van der Waals surface area contributed by atoms with Gasteiger partial charge in [0.15, 0.2) is 5.78 Å². The van der Waals surface area contributed by atoms with Crippen molar-refractivity contribution < 1.29 is 14.3 Å². The molecular formula is C12H18O3. The third-order valence-corrected chi connectivity index (χ3v) is 3.84. The van der Waals surface area contributed by atoms with Crippen molar-refractivity contribution in [3.8, 4) is 0 Å². The highest BCUT2D eigenvalue weighted by atomic mass is 16.5. The maximum Gasteiger partial charge on any atom is 0.319 e. The highest BCUT2D eigenvalue weighted by Gasteiger charge is 2.59. The van der Waals surface area contributed by atoms with Gasteiger partial charge >= 0.3 is 5.97 Å². The molecule has 2 atom stereocenters. The summed E-state index contributed by atoms with van der Waals surface area (Å²) in [4.78, 5) is 24.0. The zero-order valence-electron chi connectivity index (χ0n) is 9.41. The molecule has 0 radical (unpaired) electrons. The quantitative estimate of drug-likeness (QED) is 0.526. The van der Waals surface area contributed by atoms with Crippen molar-refractivity contribution in [3.05, 3.63) is 0 Å². The minimum absolute atomic E-state index is 0.150. The predicted molar refractivity (Wildman–Crippen MR) is 55.2 cm³/mol. The number of hydrogen-bond acceptors (Lipinski definition) is 3. The maximum absolute atomic E-state index is 12.1. The molecule has 3 nitrogen and oxygen atoms in total. The molecule has 0 amide bonds. The van der Waals surface area contributed by atoms with Gasteiger partial charge in [0.05, 0.1) is 6.61 Å². The van der Waals surface area contributed by atoms with Crippen LogP contribution in [0.15, 0.2) is 0 Å². The fourth-order valence-corrected chi connectivity index (χ4v) is 2.46. The first-order valence-corrected chi connectivity index (χ1v) is 5.84. The second kappa shape index (κ2) is 3.62. The molecule has 0 heterocycles. The molecular weight excluding hydrogens is 192 g/mol. The lowest BCUT2D eigenvalue weighted by molar-refractivity contribution is -0.172. The van der Waals surface area contributed by atoms with Gasteiger partial charge in [-0.2, -0.15) is 0 Å². The minimum Gasteiger partial charge on any atom is -0.465 e. The van der Waals surface area contributed by atoms with E-state index in [1.165, 1.54) is 0 Å². The standard InChI is InChI=1S/C12H18O3/c1-3-15-11(14)12(7-6-8(12)2)10(13)9-4-5-9/h8-9H,3-7H2,1-2H3. The van der Waals surface area contributed by atoms with E-state index < -0.39 is 5.41 Å². The average Bonchev–Trinajstić information content (AvgIpc) is 2.99. The van der Waals surface area contributed by atoms with Crippen LogP contribution in [0.3, 0.4) is 0 Å². The Morgan fingerprint density at radius 1 is 1.33 bits per heavy atom. The van der Waals surface area contributed by atoms with Crippen LogP contribution in [-0.2, 0) is 14.3 Å². The Morgan fingerprint density at radius 2 is 2.00 bits per heavy atom. The molecule has 0 aromatic rings. The van der Waals surface area contributed by atoms with Crippen LogP contribution in [0.2, 0.25) is 0 Å². The number of Topliss-reactive ketones (excluding diaryl/α,β-unsaturated/α-hetero) is 1. The highest BCUT2D eigenvalue weighted by molar-refractivity contribution is 6.07. The summed E-state index contributed by atoms with van der Waals surface area (Å²) in [5.41, 5.74) is -0.767. The predicted octanol–water partition coefficient (Wildman–Crippen LogP) is 1.94. The molecule has 0 aromatic heterocycles. The van der Waals surface area contributed by atoms with E-state index in [0.717, 1.165) is 19.3 Å². The van der Waals surface area contributed by atoms with Crippen LogP contribution in [0.4, 0.5) is 0 Å². The molecule has 84 valence electrons. The summed E-state index contributed by atoms with van der Waals surface area (Å²) >= 11 is 0. The lowest BCUT2D eigenvalue weighted by atomic mass is 9.57. The normalized spacial score (nSPS) is 34.4. The number of carbonyl (C=O) groups is 2. The highest BCUT2D eigenvalue weighted by Crippen LogP contribution is 2.52. The van der Waals surface area contributed by atoms with Crippen LogP contribution in [0.1, 0.15) is 39.5 Å². The van der Waals surface area contributed by atoms with E-state index in [1.54, 1.807) is 6.92 Å². The van der Waals surface area contributed by atoms with Crippen molar-refractivity contribution >= 4 is 11.8 Å². The molecule has 2 saturated carbocycles. The van der Waals surface area contributed by atoms with E-state index >= 15 is 0 Å². The average molecular weight is 210 g/mol. The number of rotatable bonds is 4. The first-order valence-electron chi connectivity index (χ1n) is 5.84. The Morgan fingerprint density at radius 3 is 2.33 bits per heavy atom. The zero-order chi connectivity index (χ0) is 11.1. The molecule has 0 spiro atoms. The van der Waals surface area contributed by atoms with Crippen LogP contribution in [-0.4, -0.2) is 18.4 Å². The smallest absolute Gasteiger partial charge is 0.319 e. The third-order valence-electron chi connectivity index (χ3n) is 3.84. The fraction of sp³-hybridized carbons (Fsp3) is 0.833. The second-order valence-corrected chi connectivity index (χ2v) is 4.77. The summed E-state index contributed by atoms with van der Waals surface area (Å²) in [6.07, 6.45) is 3.60. The summed E-state index contributed by atoms with van der Waals surface area (Å²) < 4.78 is 5.06. The van der Waals surface area contributed by atoms with Crippen LogP contribution in [0, 0.1) is 17.3 Å². The molecule has 0 N–H and O–H groups in total. The third kappa shape index (κ3) is 1.48. The lowest BCUT2D eigenvalue weighted by Gasteiger charge is -2.44. The second-order valence-electron chi connectivity index (χ2n) is 4.77. The van der Waals surface area contributed by atoms with Gasteiger partial charge in [-0.05, 0) is 38.5 Å². The van der Waals surface area contributed by atoms with Gasteiger partial charge in [-0.1, -0.05) is 6.92 Å². The Labute approximate surface area is 90.2 Å². The van der Waals surface area contributed by atoms with Gasteiger partial charge in [0, 0.05) is 5.92 Å². The van der Waals surface area contributed by atoms with Gasteiger partial charge in [-0.3, -0.25) is 9.59 Å². The van der Waals surface area contributed by atoms with Crippen molar-refractivity contribution in [1.82, 2.24) is 0 Å². The first-order chi connectivity index (χ1) is 7.13. The Balaban J connectivity index is 2.16. The molecule has 2 aliphatic rings. The van der Waals surface area contributed by atoms with Gasteiger partial charge < -0.3 is 4.74 Å². The number of esters is 1. The largest absolute Gasteiger partial charge is 0.465 e. The van der Waals surface area contributed by atoms with Gasteiger partial charge in [0.25, 0.3) is 0 Å². The first kappa shape index (κ1) is 10.7. The van der Waals surface area contributed by atoms with Crippen LogP contribution in [0.25, 0.3) is 0 Å². The molecule has 2 rings (SSSR count). The van der Waals surface area contributed by atoms with Crippen molar-refractivity contribution in [1.29, 1.82) is 0 Å². The summed E-state index contributed by atoms with van der Waals surface area (Å²) in [5, 5.41) is 0. The molecule has 3 heteroatoms. The van der Waals surface area contributed by atoms with Gasteiger partial charge in [0.1, 0.15) is 5.41 Å². The Bertz CT molecular complexity index is 293. The van der Waals surface area contributed by atoms with Gasteiger partial charge in [-0.25, -0.2) is 0 Å². The maximum atomic E-state index is 12.1. The van der Waals surface area contributed by atoms with Crippen molar-refractivity contribution in [2.45, 2.75) is 39.5 Å². The molecule has 2 aliphatic carbocycles. The summed E-state index contributed by atoms with van der Waals surface area (Å²) in [5.74, 6) is 0.196. The number of ether oxygens (including phenoxy) is 1. The SMILES string of the molecule is CCOC(=O)C1(C(=O)C2CC2)CCC1C. The summed E-state index contributed by atoms with van der Waals surface area (Å²) in [7, 11) is 0. The molecule has 0 saturated heterocycles. The fourth-order valence-electron chi connectivity index (χ4n) is 2.46. The molecule has 0 bridgehead atoms. The van der Waals surface area contributed by atoms with Gasteiger partial charge in [-0.15, -0.1) is 0 Å². The van der Waals surface area contributed by atoms with Crippen molar-refractivity contribution in [3.63, 3.8) is 0 Å². The van der Waals surface area contributed by atoms with E-state index in [1.807, 2.05) is 6.92 Å². The molecule has 0 aliphatic heterocycles. The Kier molecular flexibility index (Phi) is 2.57. The zero-order valence-corrected chi connectivity index (χ0v) is 9.41. The number of ketones is 1. The minimum atomic E-state index is -0.767. The van der Waals surface area contributed by atoms with E-state index in [-0.39, 0.29) is 23.6 Å². The van der Waals surface area contributed by atoms with Crippen LogP contribution >= 0.6 is 0 Å². The molecule has 2 unspecified atom stereocenters. The van der Waals surface area contributed by atoms with E-state index in [9.17, 15) is 9.59 Å². The molecule has 2 fully saturated rings. The van der Waals surface area contributed by atoms with E-state index in [2.05, 4.69) is 0 Å². The summed E-state index contributed by atoms with van der Waals surface area (Å²) in [6.45, 7) is 4.14. The topological polar surface area (TPSA) is 43.4 Å². The Hall–Kier alpha value is -0.860. The summed E-state index contributed by atoms with van der Waals surface area (Å²) in [6, 6.07) is 0. The van der Waals surface area contributed by atoms with Gasteiger partial charge in [0.2, 0.25) is 0 Å². The number of carbonyl (C=O) groups excluding carboxylic acids is 2. The lowest BCUT2D eigenvalue weighted by Crippen LogP contribution is -2.53. The van der Waals surface area contributed by atoms with E-state index in [0.29, 0.717) is 13.0 Å².